The molecular weight excluding hydrogens is 308 g/mol. The molecule has 24 heavy (non-hydrogen) atoms. The summed E-state index contributed by atoms with van der Waals surface area (Å²) in [5, 5.41) is 10.9. The summed E-state index contributed by atoms with van der Waals surface area (Å²) in [6, 6.07) is 12.6. The third-order valence-electron chi connectivity index (χ3n) is 3.58. The molecule has 2 aromatic carbocycles. The van der Waals surface area contributed by atoms with Gasteiger partial charge in [-0.2, -0.15) is 0 Å². The van der Waals surface area contributed by atoms with Gasteiger partial charge in [-0.25, -0.2) is 9.48 Å². The molecule has 1 aromatic heterocycles. The molecule has 0 N–H and O–H groups in total. The first kappa shape index (κ1) is 15.7. The van der Waals surface area contributed by atoms with E-state index in [1.165, 1.54) is 11.0 Å². The van der Waals surface area contributed by atoms with Gasteiger partial charge in [0.25, 0.3) is 0 Å². The Bertz CT molecular complexity index is 830. The standard InChI is InChI=1S/C17H16N4O3/c1-12-4-3-5-16(13(12)2)23-10-17(22)24-15-8-6-14(7-9-15)21-11-18-19-20-21/h3-9,11H,10H2,1-2H3. The average Bonchev–Trinajstić information content (AvgIpc) is 3.11. The predicted octanol–water partition coefficient (Wildman–Crippen LogP) is 2.26. The third-order valence-corrected chi connectivity index (χ3v) is 3.58. The number of hydrogen-bond donors (Lipinski definition) is 0. The molecule has 0 aliphatic heterocycles. The van der Waals surface area contributed by atoms with Crippen molar-refractivity contribution in [2.75, 3.05) is 6.61 Å². The van der Waals surface area contributed by atoms with Crippen LogP contribution in [0, 0.1) is 13.8 Å². The number of tetrazole rings is 1. The van der Waals surface area contributed by atoms with Crippen molar-refractivity contribution in [2.24, 2.45) is 0 Å². The lowest BCUT2D eigenvalue weighted by atomic mass is 10.1. The Morgan fingerprint density at radius 1 is 1.12 bits per heavy atom. The van der Waals surface area contributed by atoms with Gasteiger partial charge < -0.3 is 9.47 Å². The summed E-state index contributed by atoms with van der Waals surface area (Å²) in [5.74, 6) is 0.647. The number of aryl methyl sites for hydroxylation is 1. The fourth-order valence-electron chi connectivity index (χ4n) is 2.12. The number of carbonyl (C=O) groups is 1. The molecule has 0 atom stereocenters. The maximum Gasteiger partial charge on any atom is 0.349 e. The van der Waals surface area contributed by atoms with Gasteiger partial charge in [0.2, 0.25) is 0 Å². The van der Waals surface area contributed by atoms with Crippen LogP contribution in [0.5, 0.6) is 11.5 Å². The summed E-state index contributed by atoms with van der Waals surface area (Å²) in [6.45, 7) is 3.79. The van der Waals surface area contributed by atoms with Gasteiger partial charge in [0.1, 0.15) is 17.8 Å². The van der Waals surface area contributed by atoms with E-state index in [-0.39, 0.29) is 6.61 Å². The van der Waals surface area contributed by atoms with E-state index in [9.17, 15) is 4.79 Å². The molecule has 122 valence electrons. The molecule has 3 aromatic rings. The topological polar surface area (TPSA) is 79.1 Å². The van der Waals surface area contributed by atoms with Crippen LogP contribution in [-0.2, 0) is 4.79 Å². The molecule has 7 heteroatoms. The molecule has 7 nitrogen and oxygen atoms in total. The lowest BCUT2D eigenvalue weighted by molar-refractivity contribution is -0.136. The van der Waals surface area contributed by atoms with Crippen molar-refractivity contribution < 1.29 is 14.3 Å². The van der Waals surface area contributed by atoms with Crippen molar-refractivity contribution in [2.45, 2.75) is 13.8 Å². The van der Waals surface area contributed by atoms with Crippen molar-refractivity contribution in [3.63, 3.8) is 0 Å². The Morgan fingerprint density at radius 2 is 1.92 bits per heavy atom. The first-order chi connectivity index (χ1) is 11.6. The quantitative estimate of drug-likeness (QED) is 0.529. The minimum atomic E-state index is -0.467. The van der Waals surface area contributed by atoms with Crippen LogP contribution in [-0.4, -0.2) is 32.8 Å². The van der Waals surface area contributed by atoms with Gasteiger partial charge >= 0.3 is 5.97 Å². The summed E-state index contributed by atoms with van der Waals surface area (Å²) < 4.78 is 12.3. The Morgan fingerprint density at radius 3 is 2.62 bits per heavy atom. The zero-order valence-electron chi connectivity index (χ0n) is 13.3. The Hall–Kier alpha value is -3.22. The van der Waals surface area contributed by atoms with E-state index in [0.717, 1.165) is 16.8 Å². The largest absolute Gasteiger partial charge is 0.482 e. The SMILES string of the molecule is Cc1cccc(OCC(=O)Oc2ccc(-n3cnnn3)cc2)c1C. The fraction of sp³-hybridized carbons (Fsp3) is 0.176. The highest BCUT2D eigenvalue weighted by atomic mass is 16.6. The number of benzene rings is 2. The maximum atomic E-state index is 11.9. The van der Waals surface area contributed by atoms with Crippen molar-refractivity contribution >= 4 is 5.97 Å². The molecule has 0 aliphatic rings. The highest BCUT2D eigenvalue weighted by Crippen LogP contribution is 2.20. The Labute approximate surface area is 138 Å². The minimum absolute atomic E-state index is 0.154. The van der Waals surface area contributed by atoms with Crippen molar-refractivity contribution in [1.82, 2.24) is 20.2 Å². The van der Waals surface area contributed by atoms with Crippen LogP contribution in [0.1, 0.15) is 11.1 Å². The van der Waals surface area contributed by atoms with E-state index in [0.29, 0.717) is 11.5 Å². The monoisotopic (exact) mass is 324 g/mol. The second-order valence-electron chi connectivity index (χ2n) is 5.21. The molecule has 0 spiro atoms. The van der Waals surface area contributed by atoms with E-state index in [4.69, 9.17) is 9.47 Å². The van der Waals surface area contributed by atoms with Crippen molar-refractivity contribution in [1.29, 1.82) is 0 Å². The summed E-state index contributed by atoms with van der Waals surface area (Å²) >= 11 is 0. The molecule has 0 radical (unpaired) electrons. The fourth-order valence-corrected chi connectivity index (χ4v) is 2.12. The normalized spacial score (nSPS) is 10.4. The molecule has 1 heterocycles. The molecule has 0 bridgehead atoms. The predicted molar refractivity (Wildman–Crippen MR) is 86.2 cm³/mol. The van der Waals surface area contributed by atoms with Crippen LogP contribution in [0.4, 0.5) is 0 Å². The molecule has 0 saturated heterocycles. The number of carbonyl (C=O) groups excluding carboxylic acids is 1. The minimum Gasteiger partial charge on any atom is -0.482 e. The number of esters is 1. The van der Waals surface area contributed by atoms with Gasteiger partial charge in [-0.1, -0.05) is 12.1 Å². The lowest BCUT2D eigenvalue weighted by Crippen LogP contribution is -2.18. The number of ether oxygens (including phenoxy) is 2. The van der Waals surface area contributed by atoms with Gasteiger partial charge in [-0.3, -0.25) is 0 Å². The molecular formula is C17H16N4O3. The lowest BCUT2D eigenvalue weighted by Gasteiger charge is -2.10. The van der Waals surface area contributed by atoms with E-state index >= 15 is 0 Å². The van der Waals surface area contributed by atoms with Crippen molar-refractivity contribution in [3.8, 4) is 17.2 Å². The zero-order valence-corrected chi connectivity index (χ0v) is 13.3. The smallest absolute Gasteiger partial charge is 0.349 e. The Balaban J connectivity index is 1.58. The second-order valence-corrected chi connectivity index (χ2v) is 5.21. The van der Waals surface area contributed by atoms with Crippen LogP contribution in [0.2, 0.25) is 0 Å². The highest BCUT2D eigenvalue weighted by Gasteiger charge is 2.09. The highest BCUT2D eigenvalue weighted by molar-refractivity contribution is 5.74. The number of rotatable bonds is 5. The number of aromatic nitrogens is 4. The molecule has 0 amide bonds. The molecule has 3 rings (SSSR count). The second kappa shape index (κ2) is 6.91. The zero-order chi connectivity index (χ0) is 16.9. The van der Waals surface area contributed by atoms with Crippen LogP contribution >= 0.6 is 0 Å². The van der Waals surface area contributed by atoms with E-state index in [1.54, 1.807) is 24.3 Å². The first-order valence-electron chi connectivity index (χ1n) is 7.36. The van der Waals surface area contributed by atoms with Gasteiger partial charge in [0, 0.05) is 0 Å². The van der Waals surface area contributed by atoms with Crippen LogP contribution in [0.15, 0.2) is 48.8 Å². The summed E-state index contributed by atoms with van der Waals surface area (Å²) in [6.07, 6.45) is 1.49. The van der Waals surface area contributed by atoms with E-state index < -0.39 is 5.97 Å². The summed E-state index contributed by atoms with van der Waals surface area (Å²) in [7, 11) is 0. The summed E-state index contributed by atoms with van der Waals surface area (Å²) in [4.78, 5) is 11.9. The van der Waals surface area contributed by atoms with Gasteiger partial charge in [-0.15, -0.1) is 5.10 Å². The average molecular weight is 324 g/mol. The number of hydrogen-bond acceptors (Lipinski definition) is 6. The van der Waals surface area contributed by atoms with E-state index in [1.807, 2.05) is 32.0 Å². The van der Waals surface area contributed by atoms with Gasteiger partial charge in [0.05, 0.1) is 5.69 Å². The third kappa shape index (κ3) is 3.57. The molecule has 0 saturated carbocycles. The van der Waals surface area contributed by atoms with Crippen LogP contribution < -0.4 is 9.47 Å². The first-order valence-corrected chi connectivity index (χ1v) is 7.36. The maximum absolute atomic E-state index is 11.9. The van der Waals surface area contributed by atoms with E-state index in [2.05, 4.69) is 15.5 Å². The summed E-state index contributed by atoms with van der Waals surface area (Å²) in [5.41, 5.74) is 2.89. The molecule has 0 aliphatic carbocycles. The van der Waals surface area contributed by atoms with Gasteiger partial charge in [-0.05, 0) is 65.7 Å². The molecule has 0 unspecified atom stereocenters. The molecule has 0 fully saturated rings. The Kier molecular flexibility index (Phi) is 4.51. The van der Waals surface area contributed by atoms with Crippen LogP contribution in [0.25, 0.3) is 5.69 Å². The van der Waals surface area contributed by atoms with Gasteiger partial charge in [0.15, 0.2) is 6.61 Å². The van der Waals surface area contributed by atoms with Crippen LogP contribution in [0.3, 0.4) is 0 Å². The number of nitrogens with zero attached hydrogens (tertiary/aromatic N) is 4. The van der Waals surface area contributed by atoms with Crippen molar-refractivity contribution in [3.05, 3.63) is 59.9 Å².